The summed E-state index contributed by atoms with van der Waals surface area (Å²) in [6.45, 7) is 0. The highest BCUT2D eigenvalue weighted by molar-refractivity contribution is 6.30. The topological polar surface area (TPSA) is 92.0 Å². The molecule has 0 saturated carbocycles. The summed E-state index contributed by atoms with van der Waals surface area (Å²) in [5.74, 6) is 0.255. The van der Waals surface area contributed by atoms with E-state index in [0.29, 0.717) is 22.2 Å². The van der Waals surface area contributed by atoms with Crippen LogP contribution in [-0.4, -0.2) is 30.1 Å². The highest BCUT2D eigenvalue weighted by atomic mass is 16.3. The first-order valence-corrected chi connectivity index (χ1v) is 15.0. The molecule has 0 bridgehead atoms. The number of nitrogens with zero attached hydrogens (tertiary/aromatic N) is 4. The largest absolute Gasteiger partial charge is 0.505 e. The molecule has 0 unspecified atom stereocenters. The van der Waals surface area contributed by atoms with Crippen LogP contribution in [0.3, 0.4) is 0 Å². The molecular formula is C40H24N4O2. The van der Waals surface area contributed by atoms with Crippen LogP contribution in [0.5, 0.6) is 11.5 Å². The van der Waals surface area contributed by atoms with E-state index in [9.17, 15) is 10.2 Å². The highest BCUT2D eigenvalue weighted by Gasteiger charge is 2.23. The van der Waals surface area contributed by atoms with Gasteiger partial charge in [0.1, 0.15) is 28.9 Å². The minimum absolute atomic E-state index is 0.125. The van der Waals surface area contributed by atoms with Gasteiger partial charge in [-0.1, -0.05) is 78.9 Å². The summed E-state index contributed by atoms with van der Waals surface area (Å²) in [7, 11) is 0. The standard InChI is InChI=1S/C40H24N4O2/c45-39-32(14-12-23-6-4-18-43-37(23)39)34-29-8-1-2-9-30(29)36(33-15-13-24-7-5-19-44-38(24)40(33)46)35-28-11-3-10-26(25-20-41-22-42-21-25)27(28)16-17-31(34)35/h1-22,45-46H. The molecule has 0 fully saturated rings. The number of rotatable bonds is 3. The summed E-state index contributed by atoms with van der Waals surface area (Å²) < 4.78 is 0. The number of phenols is 2. The van der Waals surface area contributed by atoms with Gasteiger partial charge in [0.05, 0.1) is 0 Å². The van der Waals surface area contributed by atoms with Crippen molar-refractivity contribution in [2.45, 2.75) is 0 Å². The van der Waals surface area contributed by atoms with Crippen molar-refractivity contribution in [1.29, 1.82) is 0 Å². The number of hydrogen-bond acceptors (Lipinski definition) is 6. The first kappa shape index (κ1) is 26.0. The molecule has 0 aliphatic heterocycles. The van der Waals surface area contributed by atoms with Gasteiger partial charge in [0, 0.05) is 63.4 Å². The maximum absolute atomic E-state index is 11.8. The zero-order valence-electron chi connectivity index (χ0n) is 24.4. The molecule has 2 N–H and O–H groups in total. The smallest absolute Gasteiger partial charge is 0.149 e. The van der Waals surface area contributed by atoms with Gasteiger partial charge in [-0.3, -0.25) is 9.97 Å². The number of fused-ring (bicyclic) bond motifs is 6. The van der Waals surface area contributed by atoms with Gasteiger partial charge in [0.25, 0.3) is 0 Å². The van der Waals surface area contributed by atoms with Crippen molar-refractivity contribution in [3.8, 4) is 44.9 Å². The second kappa shape index (κ2) is 10.1. The number of pyridine rings is 2. The van der Waals surface area contributed by atoms with Crippen molar-refractivity contribution in [2.24, 2.45) is 0 Å². The average molecular weight is 593 g/mol. The molecule has 0 spiro atoms. The van der Waals surface area contributed by atoms with E-state index in [-0.39, 0.29) is 11.5 Å². The average Bonchev–Trinajstić information content (AvgIpc) is 3.12. The van der Waals surface area contributed by atoms with Crippen LogP contribution in [0.15, 0.2) is 134 Å². The van der Waals surface area contributed by atoms with Crippen molar-refractivity contribution in [3.05, 3.63) is 134 Å². The Morgan fingerprint density at radius 3 is 1.70 bits per heavy atom. The lowest BCUT2D eigenvalue weighted by atomic mass is 9.82. The molecular weight excluding hydrogens is 568 g/mol. The van der Waals surface area contributed by atoms with Gasteiger partial charge in [-0.15, -0.1) is 0 Å². The predicted molar refractivity (Wildman–Crippen MR) is 185 cm³/mol. The van der Waals surface area contributed by atoms with Crippen LogP contribution in [0.1, 0.15) is 0 Å². The number of benzene rings is 6. The van der Waals surface area contributed by atoms with Crippen LogP contribution in [0.25, 0.3) is 87.5 Å². The van der Waals surface area contributed by atoms with Crippen LogP contribution in [0.4, 0.5) is 0 Å². The van der Waals surface area contributed by atoms with E-state index in [1.54, 1.807) is 12.4 Å². The Hall–Kier alpha value is -6.40. The van der Waals surface area contributed by atoms with Crippen LogP contribution in [0, 0.1) is 0 Å². The van der Waals surface area contributed by atoms with E-state index in [1.165, 1.54) is 6.33 Å². The lowest BCUT2D eigenvalue weighted by Crippen LogP contribution is -1.94. The van der Waals surface area contributed by atoms with Gasteiger partial charge in [0.2, 0.25) is 0 Å². The lowest BCUT2D eigenvalue weighted by molar-refractivity contribution is 0.482. The van der Waals surface area contributed by atoms with Gasteiger partial charge in [-0.05, 0) is 62.1 Å². The maximum Gasteiger partial charge on any atom is 0.149 e. The van der Waals surface area contributed by atoms with Crippen LogP contribution in [0.2, 0.25) is 0 Å². The molecule has 3 heterocycles. The number of aromatic hydroxyl groups is 2. The van der Waals surface area contributed by atoms with E-state index in [4.69, 9.17) is 0 Å². The molecule has 6 heteroatoms. The summed E-state index contributed by atoms with van der Waals surface area (Å²) in [5.41, 5.74) is 6.17. The zero-order valence-corrected chi connectivity index (χ0v) is 24.4. The summed E-state index contributed by atoms with van der Waals surface area (Å²) in [5, 5.41) is 31.1. The molecule has 0 aliphatic carbocycles. The monoisotopic (exact) mass is 592 g/mol. The third-order valence-electron chi connectivity index (χ3n) is 8.95. The molecule has 9 aromatic rings. The molecule has 0 amide bonds. The molecule has 6 nitrogen and oxygen atoms in total. The van der Waals surface area contributed by atoms with Gasteiger partial charge in [-0.2, -0.15) is 0 Å². The Bertz CT molecular complexity index is 2670. The Morgan fingerprint density at radius 1 is 0.435 bits per heavy atom. The second-order valence-electron chi connectivity index (χ2n) is 11.4. The first-order chi connectivity index (χ1) is 22.7. The molecule has 216 valence electrons. The number of hydrogen-bond donors (Lipinski definition) is 2. The van der Waals surface area contributed by atoms with Gasteiger partial charge < -0.3 is 10.2 Å². The fourth-order valence-electron chi connectivity index (χ4n) is 6.96. The zero-order chi connectivity index (χ0) is 30.8. The van der Waals surface area contributed by atoms with Crippen molar-refractivity contribution in [3.63, 3.8) is 0 Å². The summed E-state index contributed by atoms with van der Waals surface area (Å²) in [6.07, 6.45) is 8.57. The molecule has 0 saturated heterocycles. The molecule has 9 rings (SSSR count). The lowest BCUT2D eigenvalue weighted by Gasteiger charge is -2.21. The van der Waals surface area contributed by atoms with Crippen molar-refractivity contribution >= 4 is 54.1 Å². The van der Waals surface area contributed by atoms with Crippen molar-refractivity contribution in [2.75, 3.05) is 0 Å². The first-order valence-electron chi connectivity index (χ1n) is 15.0. The number of phenolic OH excluding ortho intramolecular Hbond substituents is 2. The van der Waals surface area contributed by atoms with Gasteiger partial charge in [0.15, 0.2) is 0 Å². The molecule has 3 aromatic heterocycles. The van der Waals surface area contributed by atoms with Crippen LogP contribution < -0.4 is 0 Å². The minimum Gasteiger partial charge on any atom is -0.505 e. The molecule has 6 aromatic carbocycles. The highest BCUT2D eigenvalue weighted by Crippen LogP contribution is 2.51. The van der Waals surface area contributed by atoms with Gasteiger partial charge in [-0.25, -0.2) is 9.97 Å². The third kappa shape index (κ3) is 3.77. The van der Waals surface area contributed by atoms with Crippen LogP contribution >= 0.6 is 0 Å². The van der Waals surface area contributed by atoms with E-state index < -0.39 is 0 Å². The SMILES string of the molecule is Oc1c(-c2c3ccccc3c(-c3ccc4cccnc4c3O)c3c2ccc2c(-c4cncnc4)cccc23)ccc2cccnc12. The summed E-state index contributed by atoms with van der Waals surface area (Å²) >= 11 is 0. The summed E-state index contributed by atoms with van der Waals surface area (Å²) in [6, 6.07) is 34.3. The van der Waals surface area contributed by atoms with E-state index >= 15 is 0 Å². The molecule has 0 radical (unpaired) electrons. The number of aromatic nitrogens is 4. The van der Waals surface area contributed by atoms with E-state index in [0.717, 1.165) is 65.3 Å². The van der Waals surface area contributed by atoms with Crippen molar-refractivity contribution in [1.82, 2.24) is 19.9 Å². The fraction of sp³-hybridized carbons (Fsp3) is 0. The second-order valence-corrected chi connectivity index (χ2v) is 11.4. The molecule has 0 aliphatic rings. The summed E-state index contributed by atoms with van der Waals surface area (Å²) in [4.78, 5) is 17.6. The third-order valence-corrected chi connectivity index (χ3v) is 8.95. The Balaban J connectivity index is 1.51. The van der Waals surface area contributed by atoms with E-state index in [2.05, 4.69) is 56.3 Å². The van der Waals surface area contributed by atoms with Crippen molar-refractivity contribution < 1.29 is 10.2 Å². The molecule has 0 atom stereocenters. The Labute approximate surface area is 262 Å². The Kier molecular flexibility index (Phi) is 5.70. The Morgan fingerprint density at radius 2 is 1.02 bits per heavy atom. The fourth-order valence-corrected chi connectivity index (χ4v) is 6.96. The quantitative estimate of drug-likeness (QED) is 0.157. The van der Waals surface area contributed by atoms with Gasteiger partial charge >= 0.3 is 0 Å². The van der Waals surface area contributed by atoms with E-state index in [1.807, 2.05) is 79.1 Å². The predicted octanol–water partition coefficient (Wildman–Crippen LogP) is 9.44. The normalized spacial score (nSPS) is 11.7. The van der Waals surface area contributed by atoms with Crippen LogP contribution in [-0.2, 0) is 0 Å². The minimum atomic E-state index is 0.125. The molecule has 46 heavy (non-hydrogen) atoms. The maximum atomic E-state index is 11.8.